The zero-order chi connectivity index (χ0) is 17.7. The number of hydrogen-bond acceptors (Lipinski definition) is 5. The summed E-state index contributed by atoms with van der Waals surface area (Å²) in [6, 6.07) is 0. The van der Waals surface area contributed by atoms with Gasteiger partial charge in [0, 0.05) is 37.6 Å². The molecule has 6 heteroatoms. The van der Waals surface area contributed by atoms with Crippen LogP contribution in [0.3, 0.4) is 0 Å². The zero-order valence-electron chi connectivity index (χ0n) is 16.1. The maximum Gasteiger partial charge on any atom is 0.504 e. The summed E-state index contributed by atoms with van der Waals surface area (Å²) in [5.74, 6) is 0.641. The monoisotopic (exact) mass is 346 g/mol. The first-order chi connectivity index (χ1) is 11.0. The second-order valence-electron chi connectivity index (χ2n) is 6.18. The molecule has 0 saturated heterocycles. The molecular weight excluding hydrogens is 308 g/mol. The minimum atomic E-state index is -2.70. The van der Waals surface area contributed by atoms with Crippen molar-refractivity contribution in [1.29, 1.82) is 0 Å². The molecule has 23 heavy (non-hydrogen) atoms. The average Bonchev–Trinajstić information content (AvgIpc) is 2.46. The van der Waals surface area contributed by atoms with Crippen LogP contribution in [0.1, 0.15) is 60.8 Å². The van der Waals surface area contributed by atoms with E-state index in [-0.39, 0.29) is 5.54 Å². The molecule has 0 aromatic carbocycles. The van der Waals surface area contributed by atoms with Gasteiger partial charge >= 0.3 is 8.80 Å². The van der Waals surface area contributed by atoms with Crippen LogP contribution in [0.4, 0.5) is 0 Å². The largest absolute Gasteiger partial charge is 0.504 e. The van der Waals surface area contributed by atoms with Crippen molar-refractivity contribution in [3.8, 4) is 0 Å². The molecule has 0 amide bonds. The Labute approximate surface area is 144 Å². The average molecular weight is 347 g/mol. The second kappa shape index (κ2) is 13.1. The molecular formula is C17H38N2O3Si. The molecule has 0 spiro atoms. The molecule has 0 aliphatic carbocycles. The first kappa shape index (κ1) is 22.7. The summed E-state index contributed by atoms with van der Waals surface area (Å²) < 4.78 is 18.1. The Hall–Kier alpha value is -0.273. The lowest BCUT2D eigenvalue weighted by Gasteiger charge is -2.35. The van der Waals surface area contributed by atoms with E-state index in [0.717, 1.165) is 25.8 Å². The zero-order valence-corrected chi connectivity index (χ0v) is 17.1. The van der Waals surface area contributed by atoms with Gasteiger partial charge in [0.2, 0.25) is 0 Å². The van der Waals surface area contributed by atoms with E-state index >= 15 is 0 Å². The van der Waals surface area contributed by atoms with Gasteiger partial charge in [0.25, 0.3) is 0 Å². The van der Waals surface area contributed by atoms with E-state index in [9.17, 15) is 0 Å². The van der Waals surface area contributed by atoms with Crippen molar-refractivity contribution in [3.63, 3.8) is 0 Å². The summed E-state index contributed by atoms with van der Waals surface area (Å²) in [6.07, 6.45) is 2.80. The van der Waals surface area contributed by atoms with Crippen LogP contribution >= 0.6 is 0 Å². The van der Waals surface area contributed by atoms with E-state index < -0.39 is 8.80 Å². The van der Waals surface area contributed by atoms with Gasteiger partial charge in [-0.2, -0.15) is 0 Å². The normalized spacial score (nSPS) is 14.5. The van der Waals surface area contributed by atoms with Crippen LogP contribution in [0.15, 0.2) is 4.99 Å². The molecule has 0 radical (unpaired) electrons. The molecule has 2 N–H and O–H groups in total. The topological polar surface area (TPSA) is 66.1 Å². The highest BCUT2D eigenvalue weighted by atomic mass is 28.4. The lowest BCUT2D eigenvalue weighted by atomic mass is 10.1. The molecule has 0 rings (SSSR count). The predicted molar refractivity (Wildman–Crippen MR) is 100 cm³/mol. The van der Waals surface area contributed by atoms with Gasteiger partial charge in [0.15, 0.2) is 0 Å². The van der Waals surface area contributed by atoms with Crippen molar-refractivity contribution in [2.75, 3.05) is 32.9 Å². The minimum absolute atomic E-state index is 0.211. The standard InChI is InChI=1S/C17H38N2O3Si/c1-7-20-23(21-8-2,22-9-3)17(10-12-18)11-13-19-16(6)14-15(4)5/h15,17H,7-14,18H2,1-6H3. The molecule has 138 valence electrons. The van der Waals surface area contributed by atoms with Crippen molar-refractivity contribution in [2.45, 2.75) is 66.3 Å². The molecule has 5 nitrogen and oxygen atoms in total. The van der Waals surface area contributed by atoms with Crippen LogP contribution in [0, 0.1) is 5.92 Å². The molecule has 0 fully saturated rings. The van der Waals surface area contributed by atoms with Crippen LogP contribution in [0.2, 0.25) is 5.54 Å². The van der Waals surface area contributed by atoms with E-state index in [2.05, 4.69) is 20.8 Å². The van der Waals surface area contributed by atoms with Gasteiger partial charge in [-0.05, 0) is 59.4 Å². The summed E-state index contributed by atoms with van der Waals surface area (Å²) in [6.45, 7) is 15.7. The molecule has 0 heterocycles. The Morgan fingerprint density at radius 1 is 1.00 bits per heavy atom. The highest BCUT2D eigenvalue weighted by molar-refractivity contribution is 6.62. The number of aliphatic imine (C=N–C) groups is 1. The fraction of sp³-hybridized carbons (Fsp3) is 0.941. The summed E-state index contributed by atoms with van der Waals surface area (Å²) in [5.41, 5.74) is 7.25. The molecule has 0 aromatic heterocycles. The highest BCUT2D eigenvalue weighted by Crippen LogP contribution is 2.32. The minimum Gasteiger partial charge on any atom is -0.374 e. The lowest BCUT2D eigenvalue weighted by molar-refractivity contribution is 0.0591. The maximum atomic E-state index is 6.04. The van der Waals surface area contributed by atoms with Gasteiger partial charge in [-0.3, -0.25) is 4.99 Å². The molecule has 0 aliphatic rings. The molecule has 0 saturated carbocycles. The third-order valence-electron chi connectivity index (χ3n) is 3.61. The van der Waals surface area contributed by atoms with Gasteiger partial charge < -0.3 is 19.0 Å². The summed E-state index contributed by atoms with van der Waals surface area (Å²) in [7, 11) is -2.70. The first-order valence-electron chi connectivity index (χ1n) is 9.07. The number of hydrogen-bond donors (Lipinski definition) is 1. The van der Waals surface area contributed by atoms with Crippen LogP contribution < -0.4 is 5.73 Å². The van der Waals surface area contributed by atoms with Crippen LogP contribution in [-0.4, -0.2) is 47.4 Å². The smallest absolute Gasteiger partial charge is 0.374 e. The molecule has 1 unspecified atom stereocenters. The lowest BCUT2D eigenvalue weighted by Crippen LogP contribution is -2.51. The molecule has 0 bridgehead atoms. The van der Waals surface area contributed by atoms with Gasteiger partial charge in [-0.1, -0.05) is 13.8 Å². The van der Waals surface area contributed by atoms with E-state index in [4.69, 9.17) is 24.0 Å². The SMILES string of the molecule is CCO[Si](OCC)(OCC)C(CCN)CCN=C(C)CC(C)C. The Balaban J connectivity index is 4.98. The summed E-state index contributed by atoms with van der Waals surface area (Å²) in [5, 5.41) is 0. The van der Waals surface area contributed by atoms with Crippen LogP contribution in [-0.2, 0) is 13.3 Å². The van der Waals surface area contributed by atoms with Gasteiger partial charge in [-0.15, -0.1) is 0 Å². The van der Waals surface area contributed by atoms with Crippen molar-refractivity contribution >= 4 is 14.5 Å². The van der Waals surface area contributed by atoms with Crippen molar-refractivity contribution in [1.82, 2.24) is 0 Å². The van der Waals surface area contributed by atoms with Crippen LogP contribution in [0.25, 0.3) is 0 Å². The van der Waals surface area contributed by atoms with E-state index in [1.165, 1.54) is 5.71 Å². The maximum absolute atomic E-state index is 6.04. The molecule has 1 atom stereocenters. The van der Waals surface area contributed by atoms with Crippen molar-refractivity contribution in [3.05, 3.63) is 0 Å². The molecule has 0 aromatic rings. The quantitative estimate of drug-likeness (QED) is 0.385. The Morgan fingerprint density at radius 2 is 1.52 bits per heavy atom. The first-order valence-corrected chi connectivity index (χ1v) is 10.9. The second-order valence-corrected chi connectivity index (χ2v) is 9.07. The van der Waals surface area contributed by atoms with E-state index in [1.807, 2.05) is 20.8 Å². The van der Waals surface area contributed by atoms with Gasteiger partial charge in [0.05, 0.1) is 0 Å². The third-order valence-corrected chi connectivity index (χ3v) is 7.27. The Kier molecular flexibility index (Phi) is 12.9. The number of nitrogens with two attached hydrogens (primary N) is 1. The molecule has 0 aliphatic heterocycles. The third kappa shape index (κ3) is 8.96. The summed E-state index contributed by atoms with van der Waals surface area (Å²) in [4.78, 5) is 4.71. The van der Waals surface area contributed by atoms with Gasteiger partial charge in [-0.25, -0.2) is 0 Å². The number of rotatable bonds is 14. The fourth-order valence-electron chi connectivity index (χ4n) is 2.85. The van der Waals surface area contributed by atoms with Crippen molar-refractivity contribution < 1.29 is 13.3 Å². The summed E-state index contributed by atoms with van der Waals surface area (Å²) >= 11 is 0. The fourth-order valence-corrected chi connectivity index (χ4v) is 6.01. The van der Waals surface area contributed by atoms with Gasteiger partial charge in [0.1, 0.15) is 0 Å². The van der Waals surface area contributed by atoms with Crippen molar-refractivity contribution in [2.24, 2.45) is 16.6 Å². The van der Waals surface area contributed by atoms with E-state index in [0.29, 0.717) is 32.3 Å². The number of nitrogens with zero attached hydrogens (tertiary/aromatic N) is 1. The van der Waals surface area contributed by atoms with E-state index in [1.54, 1.807) is 0 Å². The predicted octanol–water partition coefficient (Wildman–Crippen LogP) is 3.65. The van der Waals surface area contributed by atoms with Crippen LogP contribution in [0.5, 0.6) is 0 Å². The Morgan fingerprint density at radius 3 is 1.91 bits per heavy atom. The Bertz CT molecular complexity index is 308. The highest BCUT2D eigenvalue weighted by Gasteiger charge is 2.48.